The largest absolute Gasteiger partial charge is 0.352 e. The predicted molar refractivity (Wildman–Crippen MR) is 88.2 cm³/mol. The monoisotopic (exact) mass is 333 g/mol. The van der Waals surface area contributed by atoms with Crippen molar-refractivity contribution in [2.24, 2.45) is 11.7 Å². The lowest BCUT2D eigenvalue weighted by atomic mass is 10.1. The van der Waals surface area contributed by atoms with Crippen LogP contribution in [0, 0.1) is 5.92 Å². The van der Waals surface area contributed by atoms with Crippen LogP contribution in [0.15, 0.2) is 18.2 Å². The first-order chi connectivity index (χ1) is 9.49. The maximum atomic E-state index is 12.0. The second-order valence-corrected chi connectivity index (χ2v) is 5.01. The lowest BCUT2D eigenvalue weighted by Crippen LogP contribution is -2.29. The van der Waals surface area contributed by atoms with Gasteiger partial charge in [0, 0.05) is 24.0 Å². The van der Waals surface area contributed by atoms with E-state index in [0.717, 1.165) is 6.42 Å². The van der Waals surface area contributed by atoms with E-state index in [9.17, 15) is 9.59 Å². The molecule has 1 unspecified atom stereocenters. The van der Waals surface area contributed by atoms with E-state index >= 15 is 0 Å². The first-order valence-corrected chi connectivity index (χ1v) is 6.96. The Morgan fingerprint density at radius 1 is 1.38 bits per heavy atom. The highest BCUT2D eigenvalue weighted by Crippen LogP contribution is 2.21. The van der Waals surface area contributed by atoms with Gasteiger partial charge in [0.1, 0.15) is 0 Å². The van der Waals surface area contributed by atoms with Crippen LogP contribution in [-0.2, 0) is 4.79 Å². The van der Waals surface area contributed by atoms with Crippen molar-refractivity contribution in [1.29, 1.82) is 0 Å². The second-order valence-electron chi connectivity index (χ2n) is 4.57. The number of hydrogen-bond donors (Lipinski definition) is 3. The van der Waals surface area contributed by atoms with Gasteiger partial charge in [0.2, 0.25) is 5.91 Å². The third-order valence-corrected chi connectivity index (χ3v) is 3.06. The lowest BCUT2D eigenvalue weighted by molar-refractivity contribution is -0.119. The van der Waals surface area contributed by atoms with Gasteiger partial charge in [-0.05, 0) is 24.6 Å². The summed E-state index contributed by atoms with van der Waals surface area (Å²) in [6.45, 7) is 4.50. The number of carbonyl (C=O) groups excluding carboxylic acids is 2. The molecule has 0 spiro atoms. The molecule has 4 N–H and O–H groups in total. The van der Waals surface area contributed by atoms with Crippen molar-refractivity contribution in [3.05, 3.63) is 28.8 Å². The maximum absolute atomic E-state index is 12.0. The third kappa shape index (κ3) is 5.91. The van der Waals surface area contributed by atoms with Gasteiger partial charge in [-0.1, -0.05) is 25.4 Å². The number of nitrogens with one attached hydrogen (secondary N) is 2. The Balaban J connectivity index is 0.00000400. The van der Waals surface area contributed by atoms with E-state index in [-0.39, 0.29) is 36.7 Å². The number of rotatable bonds is 6. The van der Waals surface area contributed by atoms with Gasteiger partial charge in [0.25, 0.3) is 5.91 Å². The van der Waals surface area contributed by atoms with Crippen LogP contribution in [-0.4, -0.2) is 24.9 Å². The predicted octanol–water partition coefficient (Wildman–Crippen LogP) is 2.43. The molecule has 0 aromatic heterocycles. The zero-order valence-corrected chi connectivity index (χ0v) is 13.7. The minimum absolute atomic E-state index is 0. The van der Waals surface area contributed by atoms with Crippen LogP contribution in [0.3, 0.4) is 0 Å². The summed E-state index contributed by atoms with van der Waals surface area (Å²) >= 11 is 5.92. The molecule has 0 aliphatic heterocycles. The van der Waals surface area contributed by atoms with Crippen LogP contribution in [0.1, 0.15) is 30.6 Å². The summed E-state index contributed by atoms with van der Waals surface area (Å²) in [4.78, 5) is 23.9. The molecular weight excluding hydrogens is 313 g/mol. The minimum Gasteiger partial charge on any atom is -0.352 e. The van der Waals surface area contributed by atoms with Gasteiger partial charge in [0.05, 0.1) is 11.3 Å². The Morgan fingerprint density at radius 3 is 2.62 bits per heavy atom. The molecule has 5 nitrogen and oxygen atoms in total. The third-order valence-electron chi connectivity index (χ3n) is 2.82. The summed E-state index contributed by atoms with van der Waals surface area (Å²) in [5, 5.41) is 5.91. The summed E-state index contributed by atoms with van der Waals surface area (Å²) in [5.74, 6) is -0.806. The van der Waals surface area contributed by atoms with Crippen molar-refractivity contribution in [2.45, 2.75) is 20.3 Å². The van der Waals surface area contributed by atoms with Gasteiger partial charge >= 0.3 is 0 Å². The molecule has 0 bridgehead atoms. The van der Waals surface area contributed by atoms with Gasteiger partial charge in [-0.3, -0.25) is 9.59 Å². The number of carbonyl (C=O) groups is 2. The molecule has 0 fully saturated rings. The van der Waals surface area contributed by atoms with Crippen molar-refractivity contribution >= 4 is 41.5 Å². The smallest absolute Gasteiger partial charge is 0.253 e. The number of amides is 2. The molecule has 2 amide bonds. The van der Waals surface area contributed by atoms with E-state index in [1.807, 2.05) is 6.92 Å². The van der Waals surface area contributed by atoms with E-state index in [1.54, 1.807) is 25.1 Å². The maximum Gasteiger partial charge on any atom is 0.253 e. The van der Waals surface area contributed by atoms with Crippen LogP contribution in [0.5, 0.6) is 0 Å². The van der Waals surface area contributed by atoms with Gasteiger partial charge in [-0.25, -0.2) is 0 Å². The molecule has 0 saturated heterocycles. The molecule has 118 valence electrons. The fourth-order valence-corrected chi connectivity index (χ4v) is 1.69. The van der Waals surface area contributed by atoms with Gasteiger partial charge in [0.15, 0.2) is 0 Å². The lowest BCUT2D eigenvalue weighted by Gasteiger charge is -2.14. The van der Waals surface area contributed by atoms with Crippen LogP contribution in [0.2, 0.25) is 5.02 Å². The Morgan fingerprint density at radius 2 is 2.05 bits per heavy atom. The fraction of sp³-hybridized carbons (Fsp3) is 0.429. The number of hydrogen-bond acceptors (Lipinski definition) is 3. The fourth-order valence-electron chi connectivity index (χ4n) is 1.51. The Hall–Kier alpha value is -1.30. The Bertz CT molecular complexity index is 495. The first-order valence-electron chi connectivity index (χ1n) is 6.58. The molecule has 0 heterocycles. The van der Waals surface area contributed by atoms with Crippen LogP contribution < -0.4 is 16.4 Å². The molecule has 1 rings (SSSR count). The molecule has 0 aliphatic carbocycles. The van der Waals surface area contributed by atoms with Gasteiger partial charge < -0.3 is 16.4 Å². The van der Waals surface area contributed by atoms with Crippen molar-refractivity contribution in [2.75, 3.05) is 18.4 Å². The molecule has 1 atom stereocenters. The van der Waals surface area contributed by atoms with Crippen LogP contribution in [0.25, 0.3) is 0 Å². The van der Waals surface area contributed by atoms with Crippen LogP contribution in [0.4, 0.5) is 5.69 Å². The van der Waals surface area contributed by atoms with Crippen molar-refractivity contribution in [1.82, 2.24) is 5.32 Å². The molecule has 0 aliphatic rings. The molecule has 1 aromatic carbocycles. The van der Waals surface area contributed by atoms with E-state index < -0.39 is 0 Å². The van der Waals surface area contributed by atoms with Crippen molar-refractivity contribution < 1.29 is 9.59 Å². The molecule has 21 heavy (non-hydrogen) atoms. The average Bonchev–Trinajstić information content (AvgIpc) is 2.43. The topological polar surface area (TPSA) is 84.2 Å². The Labute approximate surface area is 136 Å². The summed E-state index contributed by atoms with van der Waals surface area (Å²) in [5.41, 5.74) is 6.24. The second kappa shape index (κ2) is 9.60. The van der Waals surface area contributed by atoms with E-state index in [2.05, 4.69) is 10.6 Å². The van der Waals surface area contributed by atoms with Gasteiger partial charge in [-0.2, -0.15) is 0 Å². The molecule has 0 saturated carbocycles. The van der Waals surface area contributed by atoms with Crippen molar-refractivity contribution in [3.63, 3.8) is 0 Å². The quantitative estimate of drug-likeness (QED) is 0.747. The summed E-state index contributed by atoms with van der Waals surface area (Å²) in [7, 11) is 0. The molecular formula is C14H21Cl2N3O2. The highest BCUT2D eigenvalue weighted by Gasteiger charge is 2.16. The average molecular weight is 334 g/mol. The SMILES string of the molecule is CCCNC(=O)c1ccc(Cl)cc1NC(=O)C(C)CN.Cl. The van der Waals surface area contributed by atoms with Crippen LogP contribution >= 0.6 is 24.0 Å². The highest BCUT2D eigenvalue weighted by atomic mass is 35.5. The first kappa shape index (κ1) is 19.7. The number of benzene rings is 1. The molecule has 1 aromatic rings. The normalized spacial score (nSPS) is 11.2. The summed E-state index contributed by atoms with van der Waals surface area (Å²) in [6, 6.07) is 4.77. The van der Waals surface area contributed by atoms with Crippen molar-refractivity contribution in [3.8, 4) is 0 Å². The zero-order chi connectivity index (χ0) is 15.1. The molecule has 7 heteroatoms. The number of anilines is 1. The standard InChI is InChI=1S/C14H20ClN3O2.ClH/c1-3-6-17-14(20)11-5-4-10(15)7-12(11)18-13(19)9(2)8-16;/h4-5,7,9H,3,6,8,16H2,1-2H3,(H,17,20)(H,18,19);1H. The zero-order valence-electron chi connectivity index (χ0n) is 12.1. The number of halogens is 2. The number of nitrogens with two attached hydrogens (primary N) is 1. The van der Waals surface area contributed by atoms with E-state index in [1.165, 1.54) is 0 Å². The minimum atomic E-state index is -0.333. The summed E-state index contributed by atoms with van der Waals surface area (Å²) < 4.78 is 0. The Kier molecular flexibility index (Phi) is 9.01. The molecule has 0 radical (unpaired) electrons. The van der Waals surface area contributed by atoms with Gasteiger partial charge in [-0.15, -0.1) is 12.4 Å². The highest BCUT2D eigenvalue weighted by molar-refractivity contribution is 6.31. The summed E-state index contributed by atoms with van der Waals surface area (Å²) in [6.07, 6.45) is 0.839. The van der Waals surface area contributed by atoms with E-state index in [4.69, 9.17) is 17.3 Å². The van der Waals surface area contributed by atoms with E-state index in [0.29, 0.717) is 22.8 Å².